The molecular formula is C16H17FN2. The van der Waals surface area contributed by atoms with Crippen molar-refractivity contribution in [3.05, 3.63) is 65.7 Å². The first kappa shape index (κ1) is 13.4. The van der Waals surface area contributed by atoms with Crippen LogP contribution in [0.3, 0.4) is 0 Å². The number of aliphatic imine (C=N–C) groups is 1. The van der Waals surface area contributed by atoms with Gasteiger partial charge in [-0.1, -0.05) is 30.3 Å². The second-order valence-electron chi connectivity index (χ2n) is 5.33. The van der Waals surface area contributed by atoms with Crippen LogP contribution in [0, 0.1) is 5.82 Å². The van der Waals surface area contributed by atoms with Crippen molar-refractivity contribution in [1.82, 2.24) is 4.98 Å². The summed E-state index contributed by atoms with van der Waals surface area (Å²) in [5, 5.41) is 0. The van der Waals surface area contributed by atoms with E-state index in [-0.39, 0.29) is 11.4 Å². The minimum absolute atomic E-state index is 0.295. The maximum absolute atomic E-state index is 14.0. The smallest absolute Gasteiger partial charge is 0.151 e. The Hall–Kier alpha value is -2.03. The van der Waals surface area contributed by atoms with Gasteiger partial charge in [-0.05, 0) is 32.9 Å². The van der Waals surface area contributed by atoms with Crippen molar-refractivity contribution in [2.75, 3.05) is 0 Å². The molecule has 0 bridgehead atoms. The highest BCUT2D eigenvalue weighted by atomic mass is 19.1. The highest BCUT2D eigenvalue weighted by Gasteiger charge is 2.17. The van der Waals surface area contributed by atoms with Gasteiger partial charge in [0.15, 0.2) is 5.82 Å². The summed E-state index contributed by atoms with van der Waals surface area (Å²) in [6, 6.07) is 12.6. The van der Waals surface area contributed by atoms with Crippen LogP contribution < -0.4 is 0 Å². The van der Waals surface area contributed by atoms with Gasteiger partial charge in [-0.15, -0.1) is 0 Å². The van der Waals surface area contributed by atoms with Crippen LogP contribution in [-0.4, -0.2) is 16.2 Å². The zero-order chi connectivity index (χ0) is 13.9. The molecule has 0 spiro atoms. The molecular weight excluding hydrogens is 239 g/mol. The number of pyridine rings is 1. The summed E-state index contributed by atoms with van der Waals surface area (Å²) in [7, 11) is 0. The van der Waals surface area contributed by atoms with E-state index < -0.39 is 0 Å². The van der Waals surface area contributed by atoms with Gasteiger partial charge in [0.2, 0.25) is 0 Å². The third-order valence-electron chi connectivity index (χ3n) is 2.48. The fraction of sp³-hybridized carbons (Fsp3) is 0.250. The normalized spacial score (nSPS) is 12.5. The molecule has 0 amide bonds. The number of aromatic nitrogens is 1. The van der Waals surface area contributed by atoms with E-state index in [1.807, 2.05) is 51.1 Å². The van der Waals surface area contributed by atoms with Gasteiger partial charge in [-0.25, -0.2) is 4.39 Å². The van der Waals surface area contributed by atoms with Crippen molar-refractivity contribution in [3.8, 4) is 0 Å². The van der Waals surface area contributed by atoms with Crippen molar-refractivity contribution < 1.29 is 4.39 Å². The van der Waals surface area contributed by atoms with Gasteiger partial charge in [-0.2, -0.15) is 0 Å². The Balaban J connectivity index is 2.60. The SMILES string of the molecule is CC(C)(C)N=C(c1ccccc1)c1ncccc1F. The monoisotopic (exact) mass is 256 g/mol. The van der Waals surface area contributed by atoms with Crippen molar-refractivity contribution in [1.29, 1.82) is 0 Å². The van der Waals surface area contributed by atoms with Gasteiger partial charge in [0, 0.05) is 11.8 Å². The number of hydrogen-bond donors (Lipinski definition) is 0. The summed E-state index contributed by atoms with van der Waals surface area (Å²) in [6.45, 7) is 5.95. The lowest BCUT2D eigenvalue weighted by Crippen LogP contribution is -2.17. The predicted octanol–water partition coefficient (Wildman–Crippen LogP) is 3.86. The second-order valence-corrected chi connectivity index (χ2v) is 5.33. The third kappa shape index (κ3) is 3.47. The van der Waals surface area contributed by atoms with E-state index in [1.54, 1.807) is 12.3 Å². The standard InChI is InChI=1S/C16H17FN2/c1-16(2,3)19-14(12-8-5-4-6-9-12)15-13(17)10-7-11-18-15/h4-11H,1-3H3. The Kier molecular flexibility index (Phi) is 3.74. The highest BCUT2D eigenvalue weighted by Crippen LogP contribution is 2.17. The molecule has 0 atom stereocenters. The lowest BCUT2D eigenvalue weighted by Gasteiger charge is -2.16. The van der Waals surface area contributed by atoms with Crippen LogP contribution in [0.25, 0.3) is 0 Å². The van der Waals surface area contributed by atoms with E-state index in [9.17, 15) is 4.39 Å². The van der Waals surface area contributed by atoms with Crippen LogP contribution in [0.2, 0.25) is 0 Å². The van der Waals surface area contributed by atoms with E-state index in [0.717, 1.165) is 5.56 Å². The first-order valence-corrected chi connectivity index (χ1v) is 6.23. The summed E-state index contributed by atoms with van der Waals surface area (Å²) in [6.07, 6.45) is 1.58. The number of benzene rings is 1. The molecule has 19 heavy (non-hydrogen) atoms. The predicted molar refractivity (Wildman–Crippen MR) is 76.0 cm³/mol. The first-order chi connectivity index (χ1) is 8.97. The summed E-state index contributed by atoms with van der Waals surface area (Å²) in [5.41, 5.74) is 1.46. The molecule has 0 aliphatic rings. The number of halogens is 1. The minimum Gasteiger partial charge on any atom is -0.277 e. The molecule has 0 radical (unpaired) electrons. The fourth-order valence-corrected chi connectivity index (χ4v) is 1.75. The van der Waals surface area contributed by atoms with Gasteiger partial charge < -0.3 is 0 Å². The topological polar surface area (TPSA) is 25.2 Å². The molecule has 0 saturated carbocycles. The van der Waals surface area contributed by atoms with Gasteiger partial charge in [0.25, 0.3) is 0 Å². The summed E-state index contributed by atoms with van der Waals surface area (Å²) >= 11 is 0. The van der Waals surface area contributed by atoms with E-state index in [4.69, 9.17) is 0 Å². The van der Waals surface area contributed by atoms with Gasteiger partial charge >= 0.3 is 0 Å². The quantitative estimate of drug-likeness (QED) is 0.749. The van der Waals surface area contributed by atoms with Crippen LogP contribution in [0.15, 0.2) is 53.7 Å². The summed E-state index contributed by atoms with van der Waals surface area (Å²) in [4.78, 5) is 8.76. The van der Waals surface area contributed by atoms with E-state index >= 15 is 0 Å². The van der Waals surface area contributed by atoms with Gasteiger partial charge in [-0.3, -0.25) is 9.98 Å². The third-order valence-corrected chi connectivity index (χ3v) is 2.48. The van der Waals surface area contributed by atoms with Crippen molar-refractivity contribution in [2.24, 2.45) is 4.99 Å². The van der Waals surface area contributed by atoms with Crippen LogP contribution >= 0.6 is 0 Å². The molecule has 1 aromatic heterocycles. The Labute approximate surface area is 113 Å². The molecule has 3 heteroatoms. The molecule has 1 aromatic carbocycles. The van der Waals surface area contributed by atoms with Crippen LogP contribution in [0.4, 0.5) is 4.39 Å². The Bertz CT molecular complexity index is 583. The largest absolute Gasteiger partial charge is 0.277 e. The van der Waals surface area contributed by atoms with Crippen molar-refractivity contribution >= 4 is 5.71 Å². The molecule has 98 valence electrons. The van der Waals surface area contributed by atoms with Gasteiger partial charge in [0.1, 0.15) is 5.69 Å². The molecule has 0 fully saturated rings. The van der Waals surface area contributed by atoms with E-state index in [2.05, 4.69) is 9.98 Å². The molecule has 0 N–H and O–H groups in total. The Morgan fingerprint density at radius 3 is 2.32 bits per heavy atom. The summed E-state index contributed by atoms with van der Waals surface area (Å²) in [5.74, 6) is -0.352. The molecule has 0 aliphatic carbocycles. The van der Waals surface area contributed by atoms with Crippen LogP contribution in [-0.2, 0) is 0 Å². The van der Waals surface area contributed by atoms with Crippen molar-refractivity contribution in [2.45, 2.75) is 26.3 Å². The van der Waals surface area contributed by atoms with Crippen LogP contribution in [0.1, 0.15) is 32.0 Å². The maximum Gasteiger partial charge on any atom is 0.151 e. The van der Waals surface area contributed by atoms with E-state index in [1.165, 1.54) is 6.07 Å². The Morgan fingerprint density at radius 2 is 1.74 bits per heavy atom. The molecule has 0 saturated heterocycles. The number of rotatable bonds is 2. The number of hydrogen-bond acceptors (Lipinski definition) is 2. The summed E-state index contributed by atoms with van der Waals surface area (Å²) < 4.78 is 14.0. The lowest BCUT2D eigenvalue weighted by molar-refractivity contribution is 0.581. The minimum atomic E-state index is -0.352. The first-order valence-electron chi connectivity index (χ1n) is 6.23. The average Bonchev–Trinajstić information content (AvgIpc) is 2.37. The molecule has 0 aliphatic heterocycles. The van der Waals surface area contributed by atoms with Gasteiger partial charge in [0.05, 0.1) is 11.3 Å². The van der Waals surface area contributed by atoms with Crippen molar-refractivity contribution in [3.63, 3.8) is 0 Å². The van der Waals surface area contributed by atoms with E-state index in [0.29, 0.717) is 11.4 Å². The molecule has 2 aromatic rings. The highest BCUT2D eigenvalue weighted by molar-refractivity contribution is 6.12. The second kappa shape index (κ2) is 5.31. The lowest BCUT2D eigenvalue weighted by atomic mass is 10.0. The molecule has 2 nitrogen and oxygen atoms in total. The zero-order valence-electron chi connectivity index (χ0n) is 11.4. The number of nitrogens with zero attached hydrogens (tertiary/aromatic N) is 2. The molecule has 2 rings (SSSR count). The zero-order valence-corrected chi connectivity index (χ0v) is 11.4. The maximum atomic E-state index is 14.0. The average molecular weight is 256 g/mol. The molecule has 1 heterocycles. The molecule has 0 unspecified atom stereocenters. The van der Waals surface area contributed by atoms with Crippen LogP contribution in [0.5, 0.6) is 0 Å². The fourth-order valence-electron chi connectivity index (χ4n) is 1.75. The Morgan fingerprint density at radius 1 is 1.05 bits per heavy atom.